The molecular weight excluding hydrogens is 240 g/mol. The lowest BCUT2D eigenvalue weighted by Gasteiger charge is -2.18. The normalized spacial score (nSPS) is 10.8. The molecule has 0 fully saturated rings. The summed E-state index contributed by atoms with van der Waals surface area (Å²) in [6.45, 7) is -1.39. The number of aliphatic carboxylic acids is 1. The summed E-state index contributed by atoms with van der Waals surface area (Å²) in [5.41, 5.74) is 4.80. The largest absolute Gasteiger partial charge is 0.480 e. The van der Waals surface area contributed by atoms with Gasteiger partial charge < -0.3 is 15.7 Å². The van der Waals surface area contributed by atoms with Crippen molar-refractivity contribution in [3.05, 3.63) is 0 Å². The molecule has 0 unspecified atom stereocenters. The Morgan fingerprint density at radius 2 is 1.75 bits per heavy atom. The third-order valence-electron chi connectivity index (χ3n) is 1.41. The Labute approximate surface area is 91.9 Å². The van der Waals surface area contributed by atoms with Gasteiger partial charge in [-0.1, -0.05) is 0 Å². The second kappa shape index (κ2) is 5.45. The number of rotatable bonds is 6. The van der Waals surface area contributed by atoms with Crippen LogP contribution in [0.5, 0.6) is 0 Å². The van der Waals surface area contributed by atoms with E-state index in [-0.39, 0.29) is 0 Å². The molecule has 0 atom stereocenters. The highest BCUT2D eigenvalue weighted by Gasteiger charge is 2.22. The lowest BCUT2D eigenvalue weighted by molar-refractivity contribution is -0.144. The number of primary amides is 1. The van der Waals surface area contributed by atoms with Crippen LogP contribution < -0.4 is 5.73 Å². The molecular formula is C7H12N2O6S. The minimum absolute atomic E-state index is 0.575. The van der Waals surface area contributed by atoms with Crippen molar-refractivity contribution >= 4 is 27.6 Å². The molecule has 0 aliphatic carbocycles. The van der Waals surface area contributed by atoms with Gasteiger partial charge in [0.1, 0.15) is 12.3 Å². The Kier molecular flexibility index (Phi) is 4.89. The Hall–Kier alpha value is -1.64. The molecule has 0 aliphatic rings. The molecule has 8 nitrogen and oxygen atoms in total. The third kappa shape index (κ3) is 6.76. The van der Waals surface area contributed by atoms with Crippen LogP contribution in [0, 0.1) is 0 Å². The number of amides is 2. The maximum absolute atomic E-state index is 11.3. The summed E-state index contributed by atoms with van der Waals surface area (Å²) in [6.07, 6.45) is 0.827. The first-order valence-electron chi connectivity index (χ1n) is 4.07. The Morgan fingerprint density at radius 3 is 2.06 bits per heavy atom. The van der Waals surface area contributed by atoms with E-state index in [2.05, 4.69) is 0 Å². The van der Waals surface area contributed by atoms with Crippen molar-refractivity contribution in [2.45, 2.75) is 0 Å². The smallest absolute Gasteiger partial charge is 0.323 e. The van der Waals surface area contributed by atoms with Crippen molar-refractivity contribution < 1.29 is 27.9 Å². The van der Waals surface area contributed by atoms with Crippen LogP contribution in [0.3, 0.4) is 0 Å². The van der Waals surface area contributed by atoms with Gasteiger partial charge in [0.05, 0.1) is 6.54 Å². The van der Waals surface area contributed by atoms with E-state index in [1.807, 2.05) is 0 Å². The number of hydrogen-bond donors (Lipinski definition) is 2. The fourth-order valence-corrected chi connectivity index (χ4v) is 1.53. The first-order chi connectivity index (χ1) is 7.11. The van der Waals surface area contributed by atoms with Crippen molar-refractivity contribution in [1.29, 1.82) is 0 Å². The zero-order valence-electron chi connectivity index (χ0n) is 8.54. The Balaban J connectivity index is 4.68. The summed E-state index contributed by atoms with van der Waals surface area (Å²) >= 11 is 0. The average Bonchev–Trinajstić information content (AvgIpc) is 1.97. The number of hydrogen-bond acceptors (Lipinski definition) is 5. The number of nitrogens with two attached hydrogens (primary N) is 1. The van der Waals surface area contributed by atoms with Gasteiger partial charge in [-0.2, -0.15) is 0 Å². The summed E-state index contributed by atoms with van der Waals surface area (Å²) in [6, 6.07) is 0. The molecule has 0 aromatic carbocycles. The molecule has 0 bridgehead atoms. The highest BCUT2D eigenvalue weighted by Crippen LogP contribution is 1.94. The van der Waals surface area contributed by atoms with E-state index < -0.39 is 46.5 Å². The number of carbonyl (C=O) groups excluding carboxylic acids is 2. The second-order valence-corrected chi connectivity index (χ2v) is 5.32. The molecule has 16 heavy (non-hydrogen) atoms. The quantitative estimate of drug-likeness (QED) is 0.533. The zero-order valence-corrected chi connectivity index (χ0v) is 9.36. The summed E-state index contributed by atoms with van der Waals surface area (Å²) < 4.78 is 21.6. The van der Waals surface area contributed by atoms with Crippen LogP contribution in [0.2, 0.25) is 0 Å². The van der Waals surface area contributed by atoms with E-state index in [0.29, 0.717) is 4.90 Å². The van der Waals surface area contributed by atoms with Crippen LogP contribution in [0.25, 0.3) is 0 Å². The predicted octanol–water partition coefficient (Wildman–Crippen LogP) is -2.57. The average molecular weight is 252 g/mol. The van der Waals surface area contributed by atoms with Crippen molar-refractivity contribution in [1.82, 2.24) is 4.90 Å². The van der Waals surface area contributed by atoms with E-state index in [0.717, 1.165) is 6.26 Å². The van der Waals surface area contributed by atoms with Crippen LogP contribution in [-0.4, -0.2) is 61.3 Å². The van der Waals surface area contributed by atoms with Crippen molar-refractivity contribution in [2.75, 3.05) is 25.1 Å². The molecule has 0 aromatic heterocycles. The summed E-state index contributed by atoms with van der Waals surface area (Å²) in [7, 11) is -3.58. The molecule has 0 aliphatic heterocycles. The lowest BCUT2D eigenvalue weighted by atomic mass is 10.4. The number of carbonyl (C=O) groups is 3. The van der Waals surface area contributed by atoms with Crippen molar-refractivity contribution in [2.24, 2.45) is 5.73 Å². The second-order valence-electron chi connectivity index (χ2n) is 3.18. The molecule has 0 radical (unpaired) electrons. The van der Waals surface area contributed by atoms with E-state index in [1.54, 1.807) is 0 Å². The van der Waals surface area contributed by atoms with Crippen molar-refractivity contribution in [3.63, 3.8) is 0 Å². The van der Waals surface area contributed by atoms with Crippen LogP contribution >= 0.6 is 0 Å². The van der Waals surface area contributed by atoms with Gasteiger partial charge in [-0.05, 0) is 0 Å². The summed E-state index contributed by atoms with van der Waals surface area (Å²) in [4.78, 5) is 32.8. The Morgan fingerprint density at radius 1 is 1.25 bits per heavy atom. The van der Waals surface area contributed by atoms with Gasteiger partial charge in [-0.3, -0.25) is 14.4 Å². The highest BCUT2D eigenvalue weighted by molar-refractivity contribution is 7.91. The van der Waals surface area contributed by atoms with E-state index >= 15 is 0 Å². The van der Waals surface area contributed by atoms with Gasteiger partial charge in [0.2, 0.25) is 11.8 Å². The van der Waals surface area contributed by atoms with Gasteiger partial charge in [0.15, 0.2) is 9.84 Å². The zero-order chi connectivity index (χ0) is 12.9. The molecule has 2 amide bonds. The number of sulfone groups is 1. The molecule has 0 saturated carbocycles. The molecule has 0 aromatic rings. The predicted molar refractivity (Wildman–Crippen MR) is 53.1 cm³/mol. The van der Waals surface area contributed by atoms with Crippen molar-refractivity contribution in [3.8, 4) is 0 Å². The van der Waals surface area contributed by atoms with Crippen LogP contribution in [0.15, 0.2) is 0 Å². The van der Waals surface area contributed by atoms with Gasteiger partial charge >= 0.3 is 5.97 Å². The van der Waals surface area contributed by atoms with Gasteiger partial charge in [0.25, 0.3) is 0 Å². The number of carboxylic acid groups (broad SMARTS) is 1. The first kappa shape index (κ1) is 14.4. The van der Waals surface area contributed by atoms with E-state index in [4.69, 9.17) is 10.8 Å². The molecule has 0 spiro atoms. The van der Waals surface area contributed by atoms with Crippen LogP contribution in [-0.2, 0) is 24.2 Å². The minimum atomic E-state index is -3.58. The summed E-state index contributed by atoms with van der Waals surface area (Å²) in [5, 5.41) is 8.45. The third-order valence-corrected chi connectivity index (χ3v) is 2.18. The maximum Gasteiger partial charge on any atom is 0.323 e. The summed E-state index contributed by atoms with van der Waals surface area (Å²) in [5.74, 6) is -4.09. The first-order valence-corrected chi connectivity index (χ1v) is 6.13. The molecule has 0 saturated heterocycles. The fraction of sp³-hybridized carbons (Fsp3) is 0.571. The molecule has 92 valence electrons. The molecule has 3 N–H and O–H groups in total. The van der Waals surface area contributed by atoms with E-state index in [9.17, 15) is 22.8 Å². The monoisotopic (exact) mass is 252 g/mol. The topological polar surface area (TPSA) is 135 Å². The lowest BCUT2D eigenvalue weighted by Crippen LogP contribution is -2.43. The van der Waals surface area contributed by atoms with Crippen LogP contribution in [0.1, 0.15) is 0 Å². The van der Waals surface area contributed by atoms with Gasteiger partial charge in [-0.15, -0.1) is 0 Å². The maximum atomic E-state index is 11.3. The minimum Gasteiger partial charge on any atom is -0.480 e. The van der Waals surface area contributed by atoms with Gasteiger partial charge in [0, 0.05) is 6.26 Å². The molecule has 0 heterocycles. The number of nitrogens with zero attached hydrogens (tertiary/aromatic N) is 1. The SMILES string of the molecule is CS(=O)(=O)CC(=O)N(CC(N)=O)CC(=O)O. The number of carboxylic acids is 1. The molecule has 9 heteroatoms. The molecule has 0 rings (SSSR count). The standard InChI is InChI=1S/C7H12N2O6S/c1-16(14,15)4-6(11)9(2-5(8)10)3-7(12)13/h2-4H2,1H3,(H2,8,10)(H,12,13). The Bertz CT molecular complexity index is 385. The van der Waals surface area contributed by atoms with Gasteiger partial charge in [-0.25, -0.2) is 8.42 Å². The van der Waals surface area contributed by atoms with Crippen LogP contribution in [0.4, 0.5) is 0 Å². The fourth-order valence-electron chi connectivity index (χ4n) is 0.899. The highest BCUT2D eigenvalue weighted by atomic mass is 32.2. The van der Waals surface area contributed by atoms with E-state index in [1.165, 1.54) is 0 Å².